The number of hydrogen-bond acceptors (Lipinski definition) is 5. The summed E-state index contributed by atoms with van der Waals surface area (Å²) in [6, 6.07) is 0. The molecule has 0 unspecified atom stereocenters. The third-order valence-corrected chi connectivity index (χ3v) is 9.77. The molecule has 32 heavy (non-hydrogen) atoms. The van der Waals surface area contributed by atoms with Crippen LogP contribution in [0.2, 0.25) is 0 Å². The molecule has 3 fully saturated rings. The Kier molecular flexibility index (Phi) is 5.10. The van der Waals surface area contributed by atoms with E-state index in [-0.39, 0.29) is 34.8 Å². The van der Waals surface area contributed by atoms with Crippen molar-refractivity contribution in [3.05, 3.63) is 34.8 Å². The number of esters is 2. The van der Waals surface area contributed by atoms with Crippen LogP contribution in [-0.2, 0) is 23.8 Å². The fraction of sp³-hybridized carbons (Fsp3) is 0.704. The van der Waals surface area contributed by atoms with Gasteiger partial charge in [-0.3, -0.25) is 4.79 Å². The van der Waals surface area contributed by atoms with Gasteiger partial charge in [0.15, 0.2) is 0 Å². The molecule has 3 saturated carbocycles. The average Bonchev–Trinajstić information content (AvgIpc) is 3.07. The highest BCUT2D eigenvalue weighted by Gasteiger charge is 2.61. The van der Waals surface area contributed by atoms with Crippen LogP contribution in [0.3, 0.4) is 0 Å². The summed E-state index contributed by atoms with van der Waals surface area (Å²) in [4.78, 5) is 24.0. The summed E-state index contributed by atoms with van der Waals surface area (Å²) < 4.78 is 16.6. The lowest BCUT2D eigenvalue weighted by Gasteiger charge is -2.57. The van der Waals surface area contributed by atoms with Crippen molar-refractivity contribution in [2.75, 3.05) is 7.11 Å². The summed E-state index contributed by atoms with van der Waals surface area (Å²) in [6.07, 6.45) is 11.5. The monoisotopic (exact) mass is 440 g/mol. The van der Waals surface area contributed by atoms with E-state index < -0.39 is 0 Å². The lowest BCUT2D eigenvalue weighted by atomic mass is 9.48. The highest BCUT2D eigenvalue weighted by Crippen LogP contribution is 2.68. The van der Waals surface area contributed by atoms with Crippen molar-refractivity contribution in [2.45, 2.75) is 78.7 Å². The number of ether oxygens (including phenoxy) is 3. The third kappa shape index (κ3) is 3.03. The molecule has 1 heterocycles. The summed E-state index contributed by atoms with van der Waals surface area (Å²) in [7, 11) is 1.45. The van der Waals surface area contributed by atoms with Gasteiger partial charge in [0.2, 0.25) is 0 Å². The molecule has 0 saturated heterocycles. The van der Waals surface area contributed by atoms with Crippen LogP contribution in [0.4, 0.5) is 0 Å². The van der Waals surface area contributed by atoms with Crippen LogP contribution >= 0.6 is 0 Å². The molecule has 0 N–H and O–H groups in total. The molecule has 0 aromatic carbocycles. The highest BCUT2D eigenvalue weighted by molar-refractivity contribution is 5.90. The molecule has 5 nitrogen and oxygen atoms in total. The number of carbonyl (C=O) groups excluding carboxylic acids is 2. The van der Waals surface area contributed by atoms with Gasteiger partial charge in [-0.1, -0.05) is 25.5 Å². The first-order valence-corrected chi connectivity index (χ1v) is 12.2. The van der Waals surface area contributed by atoms with Crippen LogP contribution < -0.4 is 0 Å². The van der Waals surface area contributed by atoms with E-state index in [1.54, 1.807) is 6.26 Å². The molecule has 174 valence electrons. The van der Waals surface area contributed by atoms with Crippen molar-refractivity contribution in [2.24, 2.45) is 34.5 Å². The largest absolute Gasteiger partial charge is 0.469 e. The molecule has 5 rings (SSSR count). The van der Waals surface area contributed by atoms with Crippen molar-refractivity contribution in [3.8, 4) is 0 Å². The average molecular weight is 441 g/mol. The van der Waals surface area contributed by atoms with E-state index in [1.807, 2.05) is 0 Å². The first-order valence-electron chi connectivity index (χ1n) is 12.2. The summed E-state index contributed by atoms with van der Waals surface area (Å²) in [5.74, 6) is 2.44. The van der Waals surface area contributed by atoms with Crippen LogP contribution in [0.15, 0.2) is 34.8 Å². The Hall–Kier alpha value is -2.04. The number of rotatable bonds is 2. The van der Waals surface area contributed by atoms with Crippen LogP contribution in [0.5, 0.6) is 0 Å². The molecular formula is C27H36O5. The second-order valence-electron chi connectivity index (χ2n) is 11.1. The molecular weight excluding hydrogens is 404 g/mol. The van der Waals surface area contributed by atoms with Crippen LogP contribution in [0.25, 0.3) is 0 Å². The molecule has 0 radical (unpaired) electrons. The van der Waals surface area contributed by atoms with Crippen molar-refractivity contribution >= 4 is 11.9 Å². The van der Waals surface area contributed by atoms with Crippen LogP contribution in [0.1, 0.15) is 72.6 Å². The highest BCUT2D eigenvalue weighted by atomic mass is 16.5. The SMILES string of the molecule is COC(=O)C1=COC(C)=C2[C@H]1C[C@H]1[C@@H]3CC=C4C[C@@H](OC(C)=O)CC[C@]4(C)[C@H]3CC[C@]21C. The predicted octanol–water partition coefficient (Wildman–Crippen LogP) is 5.47. The van der Waals surface area contributed by atoms with Crippen molar-refractivity contribution in [1.29, 1.82) is 0 Å². The molecule has 1 aliphatic heterocycles. The Bertz CT molecular complexity index is 942. The van der Waals surface area contributed by atoms with Crippen LogP contribution in [-0.4, -0.2) is 25.2 Å². The van der Waals surface area contributed by atoms with E-state index in [4.69, 9.17) is 14.2 Å². The van der Waals surface area contributed by atoms with Crippen molar-refractivity contribution in [1.82, 2.24) is 0 Å². The maximum atomic E-state index is 12.5. The topological polar surface area (TPSA) is 61.8 Å². The summed E-state index contributed by atoms with van der Waals surface area (Å²) >= 11 is 0. The Labute approximate surface area is 191 Å². The number of allylic oxidation sites excluding steroid dienone is 3. The fourth-order valence-corrected chi connectivity index (χ4v) is 8.36. The maximum absolute atomic E-state index is 12.5. The van der Waals surface area contributed by atoms with E-state index in [0.29, 0.717) is 23.3 Å². The van der Waals surface area contributed by atoms with Gasteiger partial charge in [-0.15, -0.1) is 0 Å². The van der Waals surface area contributed by atoms with Crippen molar-refractivity contribution < 1.29 is 23.8 Å². The molecule has 7 atom stereocenters. The Morgan fingerprint density at radius 1 is 1.12 bits per heavy atom. The Balaban J connectivity index is 1.46. The Morgan fingerprint density at radius 2 is 1.88 bits per heavy atom. The first-order chi connectivity index (χ1) is 15.2. The summed E-state index contributed by atoms with van der Waals surface area (Å²) in [6.45, 7) is 8.44. The molecule has 5 aliphatic rings. The molecule has 0 aromatic rings. The first kappa shape index (κ1) is 21.8. The van der Waals surface area contributed by atoms with E-state index in [2.05, 4.69) is 26.8 Å². The van der Waals surface area contributed by atoms with E-state index in [9.17, 15) is 9.59 Å². The lowest BCUT2D eigenvalue weighted by molar-refractivity contribution is -0.148. The van der Waals surface area contributed by atoms with E-state index >= 15 is 0 Å². The van der Waals surface area contributed by atoms with E-state index in [1.165, 1.54) is 31.6 Å². The minimum Gasteiger partial charge on any atom is -0.469 e. The zero-order chi connectivity index (χ0) is 22.8. The smallest absolute Gasteiger partial charge is 0.337 e. The number of methoxy groups -OCH3 is 1. The normalized spacial score (nSPS) is 42.3. The number of fused-ring (bicyclic) bond motifs is 7. The van der Waals surface area contributed by atoms with Gasteiger partial charge in [0.1, 0.15) is 18.1 Å². The summed E-state index contributed by atoms with van der Waals surface area (Å²) in [5, 5.41) is 0. The molecule has 0 spiro atoms. The van der Waals surface area contributed by atoms with Crippen molar-refractivity contribution in [3.63, 3.8) is 0 Å². The van der Waals surface area contributed by atoms with Gasteiger partial charge in [0.25, 0.3) is 0 Å². The second kappa shape index (κ2) is 7.50. The predicted molar refractivity (Wildman–Crippen MR) is 120 cm³/mol. The van der Waals surface area contributed by atoms with Gasteiger partial charge in [0.05, 0.1) is 12.7 Å². The molecule has 0 amide bonds. The zero-order valence-electron chi connectivity index (χ0n) is 20.0. The lowest BCUT2D eigenvalue weighted by Crippen LogP contribution is -2.49. The van der Waals surface area contributed by atoms with Crippen LogP contribution in [0, 0.1) is 34.5 Å². The molecule has 4 aliphatic carbocycles. The fourth-order valence-electron chi connectivity index (χ4n) is 8.36. The van der Waals surface area contributed by atoms with Gasteiger partial charge < -0.3 is 14.2 Å². The van der Waals surface area contributed by atoms with Gasteiger partial charge in [-0.05, 0) is 79.6 Å². The second-order valence-corrected chi connectivity index (χ2v) is 11.1. The maximum Gasteiger partial charge on any atom is 0.337 e. The molecule has 0 bridgehead atoms. The van der Waals surface area contributed by atoms with Gasteiger partial charge in [-0.25, -0.2) is 4.79 Å². The number of hydrogen-bond donors (Lipinski definition) is 0. The standard InChI is InChI=1S/C27H36O5/c1-15-24-20(21(14-31-15)25(29)30-5)13-23-19-7-6-17-12-18(32-16(2)28)8-10-26(17,3)22(19)9-11-27(23,24)4/h6,14,18-20,22-23H,7-13H2,1-5H3/t18-,19+,20-,22-,23-,26-,27-/m0/s1. The number of carbonyl (C=O) groups is 2. The molecule has 0 aromatic heterocycles. The minimum atomic E-state index is -0.264. The quantitative estimate of drug-likeness (QED) is 0.421. The van der Waals surface area contributed by atoms with Gasteiger partial charge >= 0.3 is 11.9 Å². The van der Waals surface area contributed by atoms with E-state index in [0.717, 1.165) is 44.3 Å². The minimum absolute atomic E-state index is 0.0317. The molecule has 5 heteroatoms. The zero-order valence-corrected chi connectivity index (χ0v) is 20.0. The summed E-state index contributed by atoms with van der Waals surface area (Å²) in [5.41, 5.74) is 3.78. The van der Waals surface area contributed by atoms with Gasteiger partial charge in [-0.2, -0.15) is 0 Å². The third-order valence-electron chi connectivity index (χ3n) is 9.77. The van der Waals surface area contributed by atoms with Gasteiger partial charge in [0, 0.05) is 19.3 Å². The Morgan fingerprint density at radius 3 is 2.59 bits per heavy atom.